The van der Waals surface area contributed by atoms with E-state index in [-0.39, 0.29) is 11.7 Å². The highest BCUT2D eigenvalue weighted by atomic mass is 32.2. The highest BCUT2D eigenvalue weighted by Crippen LogP contribution is 2.08. The highest BCUT2D eigenvalue weighted by Gasteiger charge is 2.11. The fourth-order valence-electron chi connectivity index (χ4n) is 1.01. The summed E-state index contributed by atoms with van der Waals surface area (Å²) in [4.78, 5) is 13.5. The lowest BCUT2D eigenvalue weighted by Gasteiger charge is -2.09. The predicted molar refractivity (Wildman–Crippen MR) is 61.1 cm³/mol. The molecule has 0 saturated heterocycles. The van der Waals surface area contributed by atoms with Crippen molar-refractivity contribution in [1.82, 2.24) is 4.90 Å². The van der Waals surface area contributed by atoms with Crippen LogP contribution in [0.4, 0.5) is 0 Å². The number of rotatable bonds is 3. The van der Waals surface area contributed by atoms with Gasteiger partial charge in [-0.15, -0.1) is 0 Å². The Morgan fingerprint density at radius 1 is 1.27 bits per heavy atom. The minimum absolute atomic E-state index is 0.0516. The second-order valence-electron chi connectivity index (χ2n) is 3.59. The minimum atomic E-state index is -1.23. The van der Waals surface area contributed by atoms with Crippen molar-refractivity contribution in [1.29, 1.82) is 0 Å². The van der Waals surface area contributed by atoms with Crippen LogP contribution in [0.25, 0.3) is 0 Å². The summed E-state index contributed by atoms with van der Waals surface area (Å²) < 4.78 is 11.7. The molecule has 1 amide bonds. The molecule has 0 fully saturated rings. The summed E-state index contributed by atoms with van der Waals surface area (Å²) in [6.45, 7) is 1.97. The van der Waals surface area contributed by atoms with E-state index < -0.39 is 10.8 Å². The number of nitrogens with zero attached hydrogens (tertiary/aromatic N) is 1. The van der Waals surface area contributed by atoms with Crippen molar-refractivity contribution in [3.8, 4) is 0 Å². The normalized spacial score (nSPS) is 12.2. The maximum Gasteiger partial charge on any atom is 0.235 e. The van der Waals surface area contributed by atoms with Gasteiger partial charge in [-0.1, -0.05) is 17.7 Å². The summed E-state index contributed by atoms with van der Waals surface area (Å²) in [5, 5.41) is 0. The molecule has 1 aromatic carbocycles. The molecule has 0 radical (unpaired) electrons. The van der Waals surface area contributed by atoms with Crippen LogP contribution in [0, 0.1) is 6.92 Å². The number of benzene rings is 1. The smallest absolute Gasteiger partial charge is 0.235 e. The molecule has 0 aliphatic rings. The molecule has 1 unspecified atom stereocenters. The SMILES string of the molecule is Cc1ccc(S(=O)CC(=O)N(C)C)cc1. The number of hydrogen-bond acceptors (Lipinski definition) is 2. The van der Waals surface area contributed by atoms with Crippen LogP contribution in [0.5, 0.6) is 0 Å². The zero-order chi connectivity index (χ0) is 11.4. The molecule has 4 heteroatoms. The number of carbonyl (C=O) groups excluding carboxylic acids is 1. The third kappa shape index (κ3) is 3.47. The van der Waals surface area contributed by atoms with Crippen LogP contribution in [0.2, 0.25) is 0 Å². The van der Waals surface area contributed by atoms with Crippen LogP contribution in [0.1, 0.15) is 5.56 Å². The Bertz CT molecular complexity index is 371. The Morgan fingerprint density at radius 2 is 1.80 bits per heavy atom. The molecule has 0 bridgehead atoms. The van der Waals surface area contributed by atoms with Crippen molar-refractivity contribution < 1.29 is 9.00 Å². The molecule has 0 aromatic heterocycles. The molecule has 0 N–H and O–H groups in total. The number of hydrogen-bond donors (Lipinski definition) is 0. The van der Waals surface area contributed by atoms with Gasteiger partial charge >= 0.3 is 0 Å². The van der Waals surface area contributed by atoms with Gasteiger partial charge in [-0.3, -0.25) is 9.00 Å². The van der Waals surface area contributed by atoms with Crippen molar-refractivity contribution in [2.45, 2.75) is 11.8 Å². The fraction of sp³-hybridized carbons (Fsp3) is 0.364. The minimum Gasteiger partial charge on any atom is -0.348 e. The summed E-state index contributed by atoms with van der Waals surface area (Å²) in [5.74, 6) is -0.0651. The first kappa shape index (κ1) is 11.9. The van der Waals surface area contributed by atoms with Crippen LogP contribution in [0.3, 0.4) is 0 Å². The molecule has 3 nitrogen and oxygen atoms in total. The molecule has 1 rings (SSSR count). The summed E-state index contributed by atoms with van der Waals surface area (Å²) in [7, 11) is 2.09. The molecule has 1 atom stereocenters. The number of amides is 1. The van der Waals surface area contributed by atoms with Crippen molar-refractivity contribution in [3.05, 3.63) is 29.8 Å². The van der Waals surface area contributed by atoms with E-state index >= 15 is 0 Å². The van der Waals surface area contributed by atoms with Gasteiger partial charge in [0.1, 0.15) is 5.75 Å². The molecular formula is C11H15NO2S. The van der Waals surface area contributed by atoms with Gasteiger partial charge in [-0.2, -0.15) is 0 Å². The Balaban J connectivity index is 2.69. The van der Waals surface area contributed by atoms with Crippen molar-refractivity contribution >= 4 is 16.7 Å². The highest BCUT2D eigenvalue weighted by molar-refractivity contribution is 7.85. The number of aryl methyl sites for hydroxylation is 1. The van der Waals surface area contributed by atoms with E-state index in [1.165, 1.54) is 4.90 Å². The lowest BCUT2D eigenvalue weighted by Crippen LogP contribution is -2.26. The molecule has 0 saturated carbocycles. The van der Waals surface area contributed by atoms with Gasteiger partial charge in [0.25, 0.3) is 0 Å². The van der Waals surface area contributed by atoms with Crippen LogP contribution in [0.15, 0.2) is 29.2 Å². The maximum absolute atomic E-state index is 11.7. The molecular weight excluding hydrogens is 210 g/mol. The average molecular weight is 225 g/mol. The standard InChI is InChI=1S/C11H15NO2S/c1-9-4-6-10(7-5-9)15(14)8-11(13)12(2)3/h4-7H,8H2,1-3H3. The van der Waals surface area contributed by atoms with E-state index in [1.54, 1.807) is 26.2 Å². The van der Waals surface area contributed by atoms with Gasteiger partial charge in [-0.25, -0.2) is 0 Å². The van der Waals surface area contributed by atoms with E-state index in [9.17, 15) is 9.00 Å². The quantitative estimate of drug-likeness (QED) is 0.775. The lowest BCUT2D eigenvalue weighted by atomic mass is 10.2. The summed E-state index contributed by atoms with van der Waals surface area (Å²) >= 11 is 0. The van der Waals surface area contributed by atoms with E-state index in [0.29, 0.717) is 4.90 Å². The second-order valence-corrected chi connectivity index (χ2v) is 5.04. The van der Waals surface area contributed by atoms with Gasteiger partial charge in [0.05, 0.1) is 10.8 Å². The number of carbonyl (C=O) groups is 1. The van der Waals surface area contributed by atoms with Crippen LogP contribution < -0.4 is 0 Å². The molecule has 0 aliphatic heterocycles. The van der Waals surface area contributed by atoms with E-state index in [0.717, 1.165) is 5.56 Å². The van der Waals surface area contributed by atoms with Gasteiger partial charge in [0.15, 0.2) is 0 Å². The molecule has 0 aliphatic carbocycles. The monoisotopic (exact) mass is 225 g/mol. The Labute approximate surface area is 92.6 Å². The zero-order valence-electron chi connectivity index (χ0n) is 9.19. The molecule has 15 heavy (non-hydrogen) atoms. The van der Waals surface area contributed by atoms with Gasteiger partial charge in [0.2, 0.25) is 5.91 Å². The average Bonchev–Trinajstić information content (AvgIpc) is 2.18. The first-order valence-electron chi connectivity index (χ1n) is 4.66. The third-order valence-corrected chi connectivity index (χ3v) is 3.34. The predicted octanol–water partition coefficient (Wildman–Crippen LogP) is 1.19. The van der Waals surface area contributed by atoms with Crippen LogP contribution in [-0.2, 0) is 15.6 Å². The zero-order valence-corrected chi connectivity index (χ0v) is 10.0. The van der Waals surface area contributed by atoms with Gasteiger partial charge in [0, 0.05) is 19.0 Å². The van der Waals surface area contributed by atoms with Crippen LogP contribution in [-0.4, -0.2) is 34.9 Å². The Morgan fingerprint density at radius 3 is 2.27 bits per heavy atom. The van der Waals surface area contributed by atoms with Crippen LogP contribution >= 0.6 is 0 Å². The molecule has 0 spiro atoms. The summed E-state index contributed by atoms with van der Waals surface area (Å²) in [6.07, 6.45) is 0. The second kappa shape index (κ2) is 5.07. The topological polar surface area (TPSA) is 37.4 Å². The first-order valence-corrected chi connectivity index (χ1v) is 5.98. The molecule has 1 aromatic rings. The first-order chi connectivity index (χ1) is 7.00. The fourth-order valence-corrected chi connectivity index (χ4v) is 2.10. The summed E-state index contributed by atoms with van der Waals surface area (Å²) in [5.41, 5.74) is 1.12. The summed E-state index contributed by atoms with van der Waals surface area (Å²) in [6, 6.07) is 7.39. The Kier molecular flexibility index (Phi) is 4.03. The molecule has 82 valence electrons. The van der Waals surface area contributed by atoms with Crippen molar-refractivity contribution in [3.63, 3.8) is 0 Å². The Hall–Kier alpha value is -1.16. The van der Waals surface area contributed by atoms with E-state index in [1.807, 2.05) is 19.1 Å². The molecule has 0 heterocycles. The van der Waals surface area contributed by atoms with Gasteiger partial charge in [-0.05, 0) is 19.1 Å². The third-order valence-electron chi connectivity index (χ3n) is 2.04. The van der Waals surface area contributed by atoms with E-state index in [4.69, 9.17) is 0 Å². The van der Waals surface area contributed by atoms with Crippen molar-refractivity contribution in [2.24, 2.45) is 0 Å². The maximum atomic E-state index is 11.7. The van der Waals surface area contributed by atoms with Crippen molar-refractivity contribution in [2.75, 3.05) is 19.8 Å². The van der Waals surface area contributed by atoms with Gasteiger partial charge < -0.3 is 4.90 Å². The lowest BCUT2D eigenvalue weighted by molar-refractivity contribution is -0.125. The van der Waals surface area contributed by atoms with E-state index in [2.05, 4.69) is 0 Å². The largest absolute Gasteiger partial charge is 0.348 e.